The molecule has 1 rings (SSSR count). The largest absolute Gasteiger partial charge is 0.325 e. The Bertz CT molecular complexity index is 605. The van der Waals surface area contributed by atoms with Crippen molar-refractivity contribution in [3.63, 3.8) is 0 Å². The van der Waals surface area contributed by atoms with Crippen LogP contribution in [0.4, 0.5) is 5.69 Å². The number of para-hydroxylation sites is 1. The maximum Gasteiger partial charge on any atom is 0.225 e. The minimum Gasteiger partial charge on any atom is -0.325 e. The van der Waals surface area contributed by atoms with Gasteiger partial charge in [-0.2, -0.15) is 0 Å². The molecule has 0 unspecified atom stereocenters. The second kappa shape index (κ2) is 8.47. The van der Waals surface area contributed by atoms with E-state index >= 15 is 0 Å². The van der Waals surface area contributed by atoms with Crippen LogP contribution in [-0.2, 0) is 14.8 Å². The molecule has 1 amide bonds. The summed E-state index contributed by atoms with van der Waals surface area (Å²) in [6, 6.07) is 6.91. The van der Waals surface area contributed by atoms with Gasteiger partial charge in [-0.15, -0.1) is 0 Å². The van der Waals surface area contributed by atoms with E-state index in [-0.39, 0.29) is 18.9 Å². The molecule has 6 nitrogen and oxygen atoms in total. The molecule has 0 aliphatic heterocycles. The summed E-state index contributed by atoms with van der Waals surface area (Å²) in [4.78, 5) is 13.8. The van der Waals surface area contributed by atoms with Crippen LogP contribution in [0.3, 0.4) is 0 Å². The van der Waals surface area contributed by atoms with Gasteiger partial charge in [0.1, 0.15) is 0 Å². The van der Waals surface area contributed by atoms with Crippen molar-refractivity contribution in [2.75, 3.05) is 45.3 Å². The molecule has 0 heterocycles. The summed E-state index contributed by atoms with van der Waals surface area (Å²) in [5.74, 6) is -0.272. The normalized spacial score (nSPS) is 11.9. The predicted octanol–water partition coefficient (Wildman–Crippen LogP) is 1.49. The van der Waals surface area contributed by atoms with E-state index in [0.29, 0.717) is 23.8 Å². The van der Waals surface area contributed by atoms with Crippen molar-refractivity contribution < 1.29 is 13.2 Å². The van der Waals surface area contributed by atoms with Crippen molar-refractivity contribution in [2.24, 2.45) is 0 Å². The first-order valence-corrected chi connectivity index (χ1v) is 9.07. The standard InChI is InChI=1S/C14H22ClN3O3S/c1-17(2)10-11-18(22(3,20)21)9-8-14(19)16-13-7-5-4-6-12(13)15/h4-7H,8-11H2,1-3H3,(H,16,19). The molecule has 0 fully saturated rings. The number of benzene rings is 1. The number of carbonyl (C=O) groups is 1. The average molecular weight is 348 g/mol. The highest BCUT2D eigenvalue weighted by Gasteiger charge is 2.18. The third kappa shape index (κ3) is 6.74. The predicted molar refractivity (Wildman–Crippen MR) is 89.7 cm³/mol. The van der Waals surface area contributed by atoms with E-state index in [4.69, 9.17) is 11.6 Å². The molecule has 0 aromatic heterocycles. The monoisotopic (exact) mass is 347 g/mol. The second-order valence-electron chi connectivity index (χ2n) is 5.24. The Morgan fingerprint density at radius 1 is 1.18 bits per heavy atom. The minimum atomic E-state index is -3.34. The van der Waals surface area contributed by atoms with E-state index in [9.17, 15) is 13.2 Å². The first kappa shape index (κ1) is 18.9. The number of rotatable bonds is 8. The van der Waals surface area contributed by atoms with Gasteiger partial charge in [0, 0.05) is 26.1 Å². The molecule has 8 heteroatoms. The van der Waals surface area contributed by atoms with E-state index in [0.717, 1.165) is 6.26 Å². The molecule has 1 aromatic rings. The molecule has 1 N–H and O–H groups in total. The number of hydrogen-bond donors (Lipinski definition) is 1. The zero-order chi connectivity index (χ0) is 16.8. The summed E-state index contributed by atoms with van der Waals surface area (Å²) in [6.07, 6.45) is 1.22. The van der Waals surface area contributed by atoms with Crippen molar-refractivity contribution in [1.82, 2.24) is 9.21 Å². The number of amides is 1. The van der Waals surface area contributed by atoms with E-state index in [1.165, 1.54) is 4.31 Å². The lowest BCUT2D eigenvalue weighted by Crippen LogP contribution is -2.37. The molecule has 22 heavy (non-hydrogen) atoms. The van der Waals surface area contributed by atoms with Crippen molar-refractivity contribution in [2.45, 2.75) is 6.42 Å². The van der Waals surface area contributed by atoms with Gasteiger partial charge in [-0.05, 0) is 26.2 Å². The average Bonchev–Trinajstić information content (AvgIpc) is 2.39. The first-order chi connectivity index (χ1) is 10.2. The van der Waals surface area contributed by atoms with E-state index in [1.807, 2.05) is 19.0 Å². The Balaban J connectivity index is 2.57. The lowest BCUT2D eigenvalue weighted by molar-refractivity contribution is -0.116. The van der Waals surface area contributed by atoms with E-state index in [2.05, 4.69) is 5.32 Å². The first-order valence-electron chi connectivity index (χ1n) is 6.84. The number of sulfonamides is 1. The highest BCUT2D eigenvalue weighted by molar-refractivity contribution is 7.88. The lowest BCUT2D eigenvalue weighted by Gasteiger charge is -2.21. The summed E-state index contributed by atoms with van der Waals surface area (Å²) in [6.45, 7) is 1.09. The molecule has 0 radical (unpaired) electrons. The Hall–Kier alpha value is -1.15. The summed E-state index contributed by atoms with van der Waals surface area (Å²) in [5.41, 5.74) is 0.522. The van der Waals surface area contributed by atoms with E-state index < -0.39 is 10.0 Å². The third-order valence-electron chi connectivity index (χ3n) is 3.00. The molecule has 0 atom stereocenters. The summed E-state index contributed by atoms with van der Waals surface area (Å²) in [5, 5.41) is 3.13. The maximum absolute atomic E-state index is 11.9. The lowest BCUT2D eigenvalue weighted by atomic mass is 10.3. The Morgan fingerprint density at radius 3 is 2.36 bits per heavy atom. The van der Waals surface area contributed by atoms with Gasteiger partial charge in [-0.25, -0.2) is 12.7 Å². The zero-order valence-electron chi connectivity index (χ0n) is 13.0. The molecule has 1 aromatic carbocycles. The number of nitrogens with zero attached hydrogens (tertiary/aromatic N) is 2. The van der Waals surface area contributed by atoms with Crippen LogP contribution in [0.5, 0.6) is 0 Å². The molecule has 0 bridgehead atoms. The minimum absolute atomic E-state index is 0.0751. The van der Waals surface area contributed by atoms with Crippen molar-refractivity contribution in [3.8, 4) is 0 Å². The molecule has 0 saturated heterocycles. The fraction of sp³-hybridized carbons (Fsp3) is 0.500. The van der Waals surface area contributed by atoms with Gasteiger partial charge >= 0.3 is 0 Å². The van der Waals surface area contributed by atoms with Crippen LogP contribution >= 0.6 is 11.6 Å². The molecule has 0 spiro atoms. The number of anilines is 1. The van der Waals surface area contributed by atoms with Crippen LogP contribution in [-0.4, -0.2) is 63.5 Å². The van der Waals surface area contributed by atoms with Crippen LogP contribution in [0, 0.1) is 0 Å². The number of likely N-dealkylation sites (N-methyl/N-ethyl adjacent to an activating group) is 1. The van der Waals surface area contributed by atoms with Crippen LogP contribution in [0.2, 0.25) is 5.02 Å². The Labute approximate surface area is 137 Å². The van der Waals surface area contributed by atoms with Gasteiger partial charge in [0.2, 0.25) is 15.9 Å². The summed E-state index contributed by atoms with van der Waals surface area (Å²) in [7, 11) is 0.395. The maximum atomic E-state index is 11.9. The molecule has 0 aliphatic carbocycles. The molecule has 124 valence electrons. The number of hydrogen-bond acceptors (Lipinski definition) is 4. The van der Waals surface area contributed by atoms with E-state index in [1.54, 1.807) is 24.3 Å². The molecule has 0 aliphatic rings. The Morgan fingerprint density at radius 2 is 1.82 bits per heavy atom. The molecule has 0 saturated carbocycles. The highest BCUT2D eigenvalue weighted by atomic mass is 35.5. The number of halogens is 1. The van der Waals surface area contributed by atoms with Gasteiger partial charge < -0.3 is 10.2 Å². The number of nitrogens with one attached hydrogen (secondary N) is 1. The Kier molecular flexibility index (Phi) is 7.28. The van der Waals surface area contributed by atoms with Gasteiger partial charge in [0.05, 0.1) is 17.0 Å². The van der Waals surface area contributed by atoms with Gasteiger partial charge in [0.25, 0.3) is 0 Å². The van der Waals surface area contributed by atoms with Crippen LogP contribution < -0.4 is 5.32 Å². The summed E-state index contributed by atoms with van der Waals surface area (Å²) < 4.78 is 24.8. The quantitative estimate of drug-likeness (QED) is 0.773. The zero-order valence-corrected chi connectivity index (χ0v) is 14.6. The second-order valence-corrected chi connectivity index (χ2v) is 7.63. The third-order valence-corrected chi connectivity index (χ3v) is 4.63. The van der Waals surface area contributed by atoms with Gasteiger partial charge in [-0.1, -0.05) is 23.7 Å². The highest BCUT2D eigenvalue weighted by Crippen LogP contribution is 2.20. The fourth-order valence-corrected chi connectivity index (χ4v) is 2.78. The summed E-state index contributed by atoms with van der Waals surface area (Å²) >= 11 is 5.96. The SMILES string of the molecule is CN(C)CCN(CCC(=O)Nc1ccccc1Cl)S(C)(=O)=O. The van der Waals surface area contributed by atoms with Crippen LogP contribution in [0.1, 0.15) is 6.42 Å². The van der Waals surface area contributed by atoms with Crippen LogP contribution in [0.25, 0.3) is 0 Å². The topological polar surface area (TPSA) is 69.7 Å². The smallest absolute Gasteiger partial charge is 0.225 e. The van der Waals surface area contributed by atoms with Gasteiger partial charge in [-0.3, -0.25) is 4.79 Å². The number of carbonyl (C=O) groups excluding carboxylic acids is 1. The molecular weight excluding hydrogens is 326 g/mol. The van der Waals surface area contributed by atoms with Crippen molar-refractivity contribution >= 4 is 33.2 Å². The van der Waals surface area contributed by atoms with Gasteiger partial charge in [0.15, 0.2) is 0 Å². The van der Waals surface area contributed by atoms with Crippen molar-refractivity contribution in [1.29, 1.82) is 0 Å². The fourth-order valence-electron chi connectivity index (χ4n) is 1.76. The van der Waals surface area contributed by atoms with Crippen molar-refractivity contribution in [3.05, 3.63) is 29.3 Å². The molecular formula is C14H22ClN3O3S. The van der Waals surface area contributed by atoms with Crippen LogP contribution in [0.15, 0.2) is 24.3 Å².